The Morgan fingerprint density at radius 1 is 0.976 bits per heavy atom. The molecule has 3 aliphatic carbocycles. The lowest BCUT2D eigenvalue weighted by Gasteiger charge is -2.41. The largest absolute Gasteiger partial charge is 0.502 e. The number of anilines is 1. The number of halogens is 1. The number of imide groups is 1. The van der Waals surface area contributed by atoms with E-state index in [9.17, 15) is 24.3 Å². The number of fused-ring (bicyclic) bond motifs is 3. The Hall–Kier alpha value is -3.99. The van der Waals surface area contributed by atoms with E-state index in [0.29, 0.717) is 34.4 Å². The van der Waals surface area contributed by atoms with Gasteiger partial charge in [-0.15, -0.1) is 0 Å². The van der Waals surface area contributed by atoms with Crippen molar-refractivity contribution in [2.75, 3.05) is 19.1 Å². The number of hydrogen-bond acceptors (Lipinski definition) is 7. The molecule has 2 aromatic rings. The molecule has 1 aliphatic heterocycles. The van der Waals surface area contributed by atoms with E-state index >= 15 is 0 Å². The minimum Gasteiger partial charge on any atom is -0.502 e. The summed E-state index contributed by atoms with van der Waals surface area (Å²) in [6, 6.07) is 10.5. The third-order valence-electron chi connectivity index (χ3n) is 8.68. The fourth-order valence-electron chi connectivity index (χ4n) is 6.72. The summed E-state index contributed by atoms with van der Waals surface area (Å²) in [6.07, 6.45) is 7.59. The molecule has 9 heteroatoms. The number of hydrogen-bond donors (Lipinski definition) is 1. The monoisotopic (exact) mass is 677 g/mol. The number of allylic oxidation sites excluding steroid dienone is 7. The highest BCUT2D eigenvalue weighted by atomic mass is 127. The van der Waals surface area contributed by atoms with E-state index in [2.05, 4.69) is 22.6 Å². The topological polar surface area (TPSA) is 110 Å². The molecule has 0 aromatic heterocycles. The van der Waals surface area contributed by atoms with E-state index < -0.39 is 23.7 Å². The van der Waals surface area contributed by atoms with E-state index in [1.807, 2.05) is 24.3 Å². The van der Waals surface area contributed by atoms with Gasteiger partial charge in [0.2, 0.25) is 17.6 Å². The second-order valence-corrected chi connectivity index (χ2v) is 12.1. The number of amides is 2. The summed E-state index contributed by atoms with van der Waals surface area (Å²) in [7, 11) is 2.88. The maximum absolute atomic E-state index is 13.9. The number of ether oxygens (including phenoxy) is 2. The number of methoxy groups -OCH3 is 2. The molecule has 4 aliphatic rings. The predicted octanol–water partition coefficient (Wildman–Crippen LogP) is 5.19. The Morgan fingerprint density at radius 3 is 2.29 bits per heavy atom. The molecule has 6 rings (SSSR count). The maximum atomic E-state index is 13.9. The van der Waals surface area contributed by atoms with Crippen molar-refractivity contribution in [3.05, 3.63) is 86.1 Å². The normalized spacial score (nSPS) is 25.3. The summed E-state index contributed by atoms with van der Waals surface area (Å²) in [5, 5.41) is 10.3. The molecule has 2 aromatic carbocycles. The average molecular weight is 677 g/mol. The van der Waals surface area contributed by atoms with Crippen LogP contribution in [0.2, 0.25) is 0 Å². The van der Waals surface area contributed by atoms with Gasteiger partial charge in [-0.2, -0.15) is 0 Å². The van der Waals surface area contributed by atoms with E-state index in [1.165, 1.54) is 25.2 Å². The quantitative estimate of drug-likeness (QED) is 0.201. The molecule has 4 unspecified atom stereocenters. The summed E-state index contributed by atoms with van der Waals surface area (Å²) in [6.45, 7) is 1.63. The number of nitrogens with zero attached hydrogens (tertiary/aromatic N) is 1. The minimum atomic E-state index is -0.635. The molecule has 8 nitrogen and oxygen atoms in total. The van der Waals surface area contributed by atoms with Gasteiger partial charge in [0.05, 0.1) is 31.7 Å². The number of rotatable bonds is 5. The van der Waals surface area contributed by atoms with Gasteiger partial charge in [-0.25, -0.2) is 0 Å². The average Bonchev–Trinajstić information content (AvgIpc) is 3.24. The van der Waals surface area contributed by atoms with Crippen LogP contribution in [0.4, 0.5) is 5.69 Å². The SMILES string of the molecule is COc1cc(C=CC2C3=CCC4C(=O)N(c5ccc(I)cc5)C(=O)C4C3CC3=C2C(=O)C=C(C)C3=O)cc(OC)c1O. The van der Waals surface area contributed by atoms with Crippen LogP contribution in [0.15, 0.2) is 76.9 Å². The molecule has 1 fully saturated rings. The smallest absolute Gasteiger partial charge is 0.238 e. The Bertz CT molecular complexity index is 1660. The van der Waals surface area contributed by atoms with Gasteiger partial charge < -0.3 is 14.6 Å². The molecule has 1 saturated heterocycles. The van der Waals surface area contributed by atoms with Gasteiger partial charge in [-0.05, 0) is 96.3 Å². The molecule has 214 valence electrons. The molecule has 2 amide bonds. The number of benzene rings is 2. The zero-order valence-electron chi connectivity index (χ0n) is 23.2. The first-order valence-corrected chi connectivity index (χ1v) is 14.7. The van der Waals surface area contributed by atoms with E-state index in [0.717, 1.165) is 9.14 Å². The summed E-state index contributed by atoms with van der Waals surface area (Å²) >= 11 is 2.17. The van der Waals surface area contributed by atoms with Crippen molar-refractivity contribution >= 4 is 57.7 Å². The van der Waals surface area contributed by atoms with Crippen molar-refractivity contribution < 1.29 is 33.8 Å². The van der Waals surface area contributed by atoms with Crippen LogP contribution in [-0.2, 0) is 19.2 Å². The third-order valence-corrected chi connectivity index (χ3v) is 9.40. The number of Topliss-reactive ketones (excluding diaryl/α,β-unsaturated/α-hetero) is 1. The number of carbonyl (C=O) groups excluding carboxylic acids is 4. The molecule has 0 radical (unpaired) electrons. The van der Waals surface area contributed by atoms with Gasteiger partial charge in [0, 0.05) is 26.2 Å². The Kier molecular flexibility index (Phi) is 7.16. The number of phenolic OH excluding ortho intramolecular Hbond substituents is 1. The van der Waals surface area contributed by atoms with Crippen LogP contribution in [0.1, 0.15) is 25.3 Å². The van der Waals surface area contributed by atoms with Crippen molar-refractivity contribution in [3.63, 3.8) is 0 Å². The molecular weight excluding hydrogens is 649 g/mol. The van der Waals surface area contributed by atoms with Crippen LogP contribution in [0.3, 0.4) is 0 Å². The van der Waals surface area contributed by atoms with Crippen LogP contribution in [0.5, 0.6) is 17.2 Å². The zero-order chi connectivity index (χ0) is 29.9. The molecule has 4 atom stereocenters. The van der Waals surface area contributed by atoms with Gasteiger partial charge in [0.1, 0.15) is 0 Å². The third kappa shape index (κ3) is 4.41. The fourth-order valence-corrected chi connectivity index (χ4v) is 7.08. The predicted molar refractivity (Wildman–Crippen MR) is 164 cm³/mol. The summed E-state index contributed by atoms with van der Waals surface area (Å²) in [5.41, 5.74) is 3.23. The van der Waals surface area contributed by atoms with E-state index in [-0.39, 0.29) is 47.1 Å². The lowest BCUT2D eigenvalue weighted by molar-refractivity contribution is -0.123. The fraction of sp³-hybridized carbons (Fsp3) is 0.273. The van der Waals surface area contributed by atoms with Gasteiger partial charge in [-0.3, -0.25) is 24.1 Å². The Balaban J connectivity index is 1.43. The lowest BCUT2D eigenvalue weighted by Crippen LogP contribution is -2.40. The first-order valence-electron chi connectivity index (χ1n) is 13.6. The van der Waals surface area contributed by atoms with Crippen molar-refractivity contribution in [2.24, 2.45) is 23.7 Å². The van der Waals surface area contributed by atoms with Gasteiger partial charge in [0.25, 0.3) is 0 Å². The molecular formula is C33H28INO7. The van der Waals surface area contributed by atoms with Crippen molar-refractivity contribution in [1.29, 1.82) is 0 Å². The highest BCUT2D eigenvalue weighted by molar-refractivity contribution is 14.1. The second kappa shape index (κ2) is 10.7. The highest BCUT2D eigenvalue weighted by Gasteiger charge is 2.56. The highest BCUT2D eigenvalue weighted by Crippen LogP contribution is 2.53. The number of ketones is 2. The van der Waals surface area contributed by atoms with E-state index in [1.54, 1.807) is 37.3 Å². The van der Waals surface area contributed by atoms with Gasteiger partial charge >= 0.3 is 0 Å². The van der Waals surface area contributed by atoms with Crippen molar-refractivity contribution in [1.82, 2.24) is 0 Å². The van der Waals surface area contributed by atoms with Gasteiger partial charge in [0.15, 0.2) is 23.1 Å². The first kappa shape index (κ1) is 28.1. The molecule has 0 spiro atoms. The van der Waals surface area contributed by atoms with Crippen LogP contribution >= 0.6 is 22.6 Å². The lowest BCUT2D eigenvalue weighted by atomic mass is 9.60. The second-order valence-electron chi connectivity index (χ2n) is 10.9. The number of phenols is 1. The van der Waals surface area contributed by atoms with Crippen LogP contribution in [-0.4, -0.2) is 42.7 Å². The Morgan fingerprint density at radius 2 is 1.64 bits per heavy atom. The van der Waals surface area contributed by atoms with Crippen LogP contribution < -0.4 is 14.4 Å². The summed E-state index contributed by atoms with van der Waals surface area (Å²) in [4.78, 5) is 55.6. The maximum Gasteiger partial charge on any atom is 0.238 e. The standard InChI is InChI=1S/C33H28INO7/c1-16-12-25(36)28-21(9-4-17-13-26(41-2)31(38)27(14-17)42-3)20-10-11-22-29(23(20)15-24(28)30(16)37)33(40)35(32(22)39)19-7-5-18(34)6-8-19/h4-10,12-14,21-23,29,38H,11,15H2,1-3H3. The zero-order valence-corrected chi connectivity index (χ0v) is 25.4. The molecule has 1 heterocycles. The molecule has 42 heavy (non-hydrogen) atoms. The Labute approximate surface area is 256 Å². The number of aromatic hydroxyl groups is 1. The van der Waals surface area contributed by atoms with Crippen molar-refractivity contribution in [2.45, 2.75) is 19.8 Å². The minimum absolute atomic E-state index is 0.128. The molecule has 0 bridgehead atoms. The molecule has 0 saturated carbocycles. The van der Waals surface area contributed by atoms with Crippen molar-refractivity contribution in [3.8, 4) is 17.2 Å². The first-order chi connectivity index (χ1) is 20.1. The summed E-state index contributed by atoms with van der Waals surface area (Å²) in [5.74, 6) is -2.77. The van der Waals surface area contributed by atoms with E-state index in [4.69, 9.17) is 9.47 Å². The van der Waals surface area contributed by atoms with Crippen LogP contribution in [0.25, 0.3) is 6.08 Å². The molecule has 1 N–H and O–H groups in total. The number of carbonyl (C=O) groups is 4. The summed E-state index contributed by atoms with van der Waals surface area (Å²) < 4.78 is 11.6. The van der Waals surface area contributed by atoms with Gasteiger partial charge in [-0.1, -0.05) is 23.8 Å². The van der Waals surface area contributed by atoms with Crippen LogP contribution in [0, 0.1) is 27.2 Å².